The smallest absolute Gasteiger partial charge is 0.175 e. The van der Waals surface area contributed by atoms with Crippen LogP contribution in [-0.4, -0.2) is 27.0 Å². The van der Waals surface area contributed by atoms with Crippen LogP contribution in [0.5, 0.6) is 5.75 Å². The zero-order valence-corrected chi connectivity index (χ0v) is 12.2. The van der Waals surface area contributed by atoms with Gasteiger partial charge in [0.05, 0.1) is 19.9 Å². The molecule has 0 aliphatic rings. The number of rotatable bonds is 7. The van der Waals surface area contributed by atoms with E-state index in [0.29, 0.717) is 6.61 Å². The zero-order valence-electron chi connectivity index (χ0n) is 12.2. The molecule has 0 bridgehead atoms. The Bertz CT molecular complexity index is 569. The minimum atomic E-state index is -0.224. The Hall–Kier alpha value is -2.33. The van der Waals surface area contributed by atoms with Crippen molar-refractivity contribution in [3.63, 3.8) is 0 Å². The molecule has 0 spiro atoms. The minimum absolute atomic E-state index is 0.224. The molecule has 4 heteroatoms. The van der Waals surface area contributed by atoms with Crippen molar-refractivity contribution in [3.8, 4) is 5.75 Å². The highest BCUT2D eigenvalue weighted by atomic mass is 16.6. The van der Waals surface area contributed by atoms with Gasteiger partial charge in [-0.3, -0.25) is 0 Å². The van der Waals surface area contributed by atoms with E-state index in [0.717, 1.165) is 16.9 Å². The van der Waals surface area contributed by atoms with Gasteiger partial charge in [-0.25, -0.2) is 0 Å². The molecule has 0 aliphatic carbocycles. The molecule has 4 nitrogen and oxygen atoms in total. The number of benzene rings is 2. The van der Waals surface area contributed by atoms with Gasteiger partial charge in [0.1, 0.15) is 5.75 Å². The lowest BCUT2D eigenvalue weighted by Gasteiger charge is -2.14. The Morgan fingerprint density at radius 2 is 1.86 bits per heavy atom. The highest BCUT2D eigenvalue weighted by Crippen LogP contribution is 2.18. The molecule has 21 heavy (non-hydrogen) atoms. The highest BCUT2D eigenvalue weighted by molar-refractivity contribution is 5.79. The Morgan fingerprint density at radius 3 is 2.57 bits per heavy atom. The number of methoxy groups -OCH3 is 2. The van der Waals surface area contributed by atoms with E-state index in [1.807, 2.05) is 54.6 Å². The fourth-order valence-corrected chi connectivity index (χ4v) is 1.89. The van der Waals surface area contributed by atoms with Crippen LogP contribution in [0.2, 0.25) is 0 Å². The molecule has 0 aromatic heterocycles. The maximum atomic E-state index is 5.55. The van der Waals surface area contributed by atoms with Crippen molar-refractivity contribution in [1.29, 1.82) is 0 Å². The number of ether oxygens (including phenoxy) is 2. The van der Waals surface area contributed by atoms with Gasteiger partial charge in [-0.05, 0) is 23.3 Å². The van der Waals surface area contributed by atoms with Crippen LogP contribution in [0.3, 0.4) is 0 Å². The summed E-state index contributed by atoms with van der Waals surface area (Å²) >= 11 is 0. The quantitative estimate of drug-likeness (QED) is 0.578. The zero-order chi connectivity index (χ0) is 14.9. The van der Waals surface area contributed by atoms with Crippen molar-refractivity contribution in [2.75, 3.05) is 20.8 Å². The molecule has 0 N–H and O–H groups in total. The Morgan fingerprint density at radius 1 is 1.05 bits per heavy atom. The van der Waals surface area contributed by atoms with Crippen LogP contribution < -0.4 is 4.74 Å². The molecular formula is C17H19NO3. The Balaban J connectivity index is 2.02. The third-order valence-corrected chi connectivity index (χ3v) is 2.97. The molecule has 0 heterocycles. The van der Waals surface area contributed by atoms with Gasteiger partial charge in [0.15, 0.2) is 6.10 Å². The van der Waals surface area contributed by atoms with E-state index < -0.39 is 0 Å². The van der Waals surface area contributed by atoms with E-state index in [4.69, 9.17) is 14.3 Å². The lowest BCUT2D eigenvalue weighted by atomic mass is 10.1. The van der Waals surface area contributed by atoms with Crippen LogP contribution in [0, 0.1) is 0 Å². The molecule has 0 saturated heterocycles. The largest absolute Gasteiger partial charge is 0.497 e. The molecule has 0 radical (unpaired) electrons. The van der Waals surface area contributed by atoms with Crippen LogP contribution in [0.1, 0.15) is 17.2 Å². The lowest BCUT2D eigenvalue weighted by molar-refractivity contribution is 0.000323. The summed E-state index contributed by atoms with van der Waals surface area (Å²) in [6, 6.07) is 17.5. The topological polar surface area (TPSA) is 40.0 Å². The SMILES string of the molecule is COC[C@@H](O/N=C/c1cccc(OC)c1)c1ccccc1. The Kier molecular flexibility index (Phi) is 5.79. The molecule has 110 valence electrons. The second-order valence-electron chi connectivity index (χ2n) is 4.47. The fraction of sp³-hybridized carbons (Fsp3) is 0.235. The average Bonchev–Trinajstić information content (AvgIpc) is 2.55. The van der Waals surface area contributed by atoms with Gasteiger partial charge in [-0.15, -0.1) is 0 Å². The summed E-state index contributed by atoms with van der Waals surface area (Å²) in [6.07, 6.45) is 1.44. The van der Waals surface area contributed by atoms with Crippen LogP contribution in [0.15, 0.2) is 59.8 Å². The second-order valence-corrected chi connectivity index (χ2v) is 4.47. The summed E-state index contributed by atoms with van der Waals surface area (Å²) in [5.41, 5.74) is 1.95. The number of hydrogen-bond acceptors (Lipinski definition) is 4. The van der Waals surface area contributed by atoms with Crippen molar-refractivity contribution in [2.24, 2.45) is 5.16 Å². The predicted octanol–water partition coefficient (Wildman–Crippen LogP) is 3.43. The fourth-order valence-electron chi connectivity index (χ4n) is 1.89. The summed E-state index contributed by atoms with van der Waals surface area (Å²) in [4.78, 5) is 5.55. The molecule has 1 atom stereocenters. The average molecular weight is 285 g/mol. The van der Waals surface area contributed by atoms with E-state index in [1.54, 1.807) is 20.4 Å². The van der Waals surface area contributed by atoms with Gasteiger partial charge in [0, 0.05) is 7.11 Å². The van der Waals surface area contributed by atoms with Gasteiger partial charge in [-0.2, -0.15) is 0 Å². The Labute approximate surface area is 125 Å². The van der Waals surface area contributed by atoms with Crippen molar-refractivity contribution in [3.05, 3.63) is 65.7 Å². The van der Waals surface area contributed by atoms with Crippen molar-refractivity contribution in [1.82, 2.24) is 0 Å². The first-order valence-electron chi connectivity index (χ1n) is 6.70. The van der Waals surface area contributed by atoms with E-state index in [1.165, 1.54) is 0 Å². The summed E-state index contributed by atoms with van der Waals surface area (Å²) in [5, 5.41) is 4.05. The third-order valence-electron chi connectivity index (χ3n) is 2.97. The second kappa shape index (κ2) is 8.07. The molecule has 0 aliphatic heterocycles. The number of oxime groups is 1. The normalized spacial score (nSPS) is 12.3. The summed E-state index contributed by atoms with van der Waals surface area (Å²) in [6.45, 7) is 0.444. The number of nitrogens with zero attached hydrogens (tertiary/aromatic N) is 1. The first-order chi connectivity index (χ1) is 10.3. The molecule has 2 aromatic rings. The monoisotopic (exact) mass is 285 g/mol. The van der Waals surface area contributed by atoms with Crippen molar-refractivity contribution >= 4 is 6.21 Å². The molecule has 0 fully saturated rings. The maximum absolute atomic E-state index is 5.55. The molecule has 0 saturated carbocycles. The molecule has 0 unspecified atom stereocenters. The third kappa shape index (κ3) is 4.61. The van der Waals surface area contributed by atoms with Crippen molar-refractivity contribution < 1.29 is 14.3 Å². The summed E-state index contributed by atoms with van der Waals surface area (Å²) in [7, 11) is 3.28. The molecular weight excluding hydrogens is 266 g/mol. The van der Waals surface area contributed by atoms with Crippen LogP contribution in [-0.2, 0) is 9.57 Å². The van der Waals surface area contributed by atoms with Gasteiger partial charge in [0.25, 0.3) is 0 Å². The maximum Gasteiger partial charge on any atom is 0.175 e. The van der Waals surface area contributed by atoms with E-state index >= 15 is 0 Å². The van der Waals surface area contributed by atoms with Gasteiger partial charge >= 0.3 is 0 Å². The van der Waals surface area contributed by atoms with Crippen molar-refractivity contribution in [2.45, 2.75) is 6.10 Å². The first-order valence-corrected chi connectivity index (χ1v) is 6.70. The van der Waals surface area contributed by atoms with Crippen LogP contribution in [0.4, 0.5) is 0 Å². The van der Waals surface area contributed by atoms with Gasteiger partial charge < -0.3 is 14.3 Å². The minimum Gasteiger partial charge on any atom is -0.497 e. The van der Waals surface area contributed by atoms with E-state index in [9.17, 15) is 0 Å². The first kappa shape index (κ1) is 15.1. The van der Waals surface area contributed by atoms with Crippen LogP contribution >= 0.6 is 0 Å². The van der Waals surface area contributed by atoms with Gasteiger partial charge in [0.2, 0.25) is 0 Å². The predicted molar refractivity (Wildman–Crippen MR) is 82.7 cm³/mol. The molecule has 2 rings (SSSR count). The highest BCUT2D eigenvalue weighted by Gasteiger charge is 2.11. The standard InChI is InChI=1S/C17H19NO3/c1-19-13-17(15-8-4-3-5-9-15)21-18-12-14-7-6-10-16(11-14)20-2/h3-12,17H,13H2,1-2H3/b18-12+/t17-/m1/s1. The molecule has 2 aromatic carbocycles. The number of hydrogen-bond donors (Lipinski definition) is 0. The van der Waals surface area contributed by atoms with Crippen LogP contribution in [0.25, 0.3) is 0 Å². The van der Waals surface area contributed by atoms with Gasteiger partial charge in [-0.1, -0.05) is 47.6 Å². The molecule has 0 amide bonds. The van der Waals surface area contributed by atoms with E-state index in [-0.39, 0.29) is 6.10 Å². The summed E-state index contributed by atoms with van der Waals surface area (Å²) in [5.74, 6) is 0.787. The van der Waals surface area contributed by atoms with E-state index in [2.05, 4.69) is 5.16 Å². The lowest BCUT2D eigenvalue weighted by Crippen LogP contribution is -2.08. The summed E-state index contributed by atoms with van der Waals surface area (Å²) < 4.78 is 10.3.